The van der Waals surface area contributed by atoms with E-state index in [1.54, 1.807) is 0 Å². The van der Waals surface area contributed by atoms with E-state index in [1.807, 2.05) is 7.05 Å². The van der Waals surface area contributed by atoms with E-state index in [2.05, 4.69) is 17.1 Å². The number of hydrogen-bond donors (Lipinski definition) is 1. The molecule has 1 unspecified atom stereocenters. The molecule has 0 aromatic carbocycles. The summed E-state index contributed by atoms with van der Waals surface area (Å²) in [6.45, 7) is 4.71. The third kappa shape index (κ3) is 6.45. The number of sulfone groups is 1. The van der Waals surface area contributed by atoms with Crippen LogP contribution in [0.5, 0.6) is 0 Å². The van der Waals surface area contributed by atoms with Crippen molar-refractivity contribution in [1.29, 1.82) is 0 Å². The molecule has 0 aliphatic heterocycles. The van der Waals surface area contributed by atoms with Gasteiger partial charge in [-0.2, -0.15) is 0 Å². The third-order valence-electron chi connectivity index (χ3n) is 3.13. The van der Waals surface area contributed by atoms with Crippen LogP contribution in [0.3, 0.4) is 0 Å². The number of nitrogens with zero attached hydrogens (tertiary/aromatic N) is 1. The van der Waals surface area contributed by atoms with Gasteiger partial charge in [0.2, 0.25) is 0 Å². The van der Waals surface area contributed by atoms with E-state index in [4.69, 9.17) is 0 Å². The normalized spacial score (nSPS) is 19.0. The lowest BCUT2D eigenvalue weighted by molar-refractivity contribution is 0.337. The van der Waals surface area contributed by atoms with Crippen LogP contribution >= 0.6 is 0 Å². The van der Waals surface area contributed by atoms with E-state index in [1.165, 1.54) is 19.1 Å². The van der Waals surface area contributed by atoms with Crippen LogP contribution in [0.25, 0.3) is 0 Å². The third-order valence-corrected chi connectivity index (χ3v) is 4.06. The van der Waals surface area contributed by atoms with Gasteiger partial charge < -0.3 is 10.2 Å². The van der Waals surface area contributed by atoms with Gasteiger partial charge in [0.25, 0.3) is 0 Å². The van der Waals surface area contributed by atoms with Crippen LogP contribution in [-0.2, 0) is 9.84 Å². The van der Waals surface area contributed by atoms with Crippen molar-refractivity contribution in [3.63, 3.8) is 0 Å². The highest BCUT2D eigenvalue weighted by atomic mass is 32.2. The minimum atomic E-state index is -2.83. The van der Waals surface area contributed by atoms with Crippen molar-refractivity contribution in [2.45, 2.75) is 25.8 Å². The number of hydrogen-bond acceptors (Lipinski definition) is 4. The molecule has 1 aliphatic rings. The second kappa shape index (κ2) is 5.98. The molecule has 4 nitrogen and oxygen atoms in total. The van der Waals surface area contributed by atoms with Crippen molar-refractivity contribution >= 4 is 9.84 Å². The van der Waals surface area contributed by atoms with Crippen LogP contribution in [-0.4, -0.2) is 58.1 Å². The summed E-state index contributed by atoms with van der Waals surface area (Å²) in [6, 6.07) is 0.614. The first-order chi connectivity index (χ1) is 7.38. The molecule has 1 atom stereocenters. The molecule has 1 saturated carbocycles. The molecule has 1 rings (SSSR count). The molecule has 16 heavy (non-hydrogen) atoms. The first-order valence-corrected chi connectivity index (χ1v) is 8.04. The second-order valence-corrected chi connectivity index (χ2v) is 7.27. The Morgan fingerprint density at radius 1 is 1.38 bits per heavy atom. The minimum Gasteiger partial charge on any atom is -0.313 e. The van der Waals surface area contributed by atoms with Crippen LogP contribution in [0.15, 0.2) is 0 Å². The molecule has 0 spiro atoms. The average molecular weight is 248 g/mol. The summed E-state index contributed by atoms with van der Waals surface area (Å²) in [4.78, 5) is 2.06. The molecule has 1 N–H and O–H groups in total. The van der Waals surface area contributed by atoms with Gasteiger partial charge in [-0.05, 0) is 32.7 Å². The lowest BCUT2D eigenvalue weighted by Crippen LogP contribution is -2.36. The molecular weight excluding hydrogens is 224 g/mol. The summed E-state index contributed by atoms with van der Waals surface area (Å²) in [5.41, 5.74) is 0. The fraction of sp³-hybridized carbons (Fsp3) is 1.00. The van der Waals surface area contributed by atoms with Gasteiger partial charge in [-0.25, -0.2) is 8.42 Å². The van der Waals surface area contributed by atoms with Crippen molar-refractivity contribution in [3.8, 4) is 0 Å². The molecule has 0 aromatic heterocycles. The molecule has 1 fully saturated rings. The second-order valence-electron chi connectivity index (χ2n) is 5.01. The topological polar surface area (TPSA) is 49.4 Å². The first kappa shape index (κ1) is 13.9. The Morgan fingerprint density at radius 3 is 2.50 bits per heavy atom. The Balaban J connectivity index is 2.03. The minimum absolute atomic E-state index is 0.252. The highest BCUT2D eigenvalue weighted by Gasteiger charge is 2.27. The molecule has 0 bridgehead atoms. The zero-order valence-electron chi connectivity index (χ0n) is 10.6. The molecule has 0 amide bonds. The van der Waals surface area contributed by atoms with Gasteiger partial charge in [0, 0.05) is 31.9 Å². The van der Waals surface area contributed by atoms with Crippen LogP contribution < -0.4 is 5.32 Å². The highest BCUT2D eigenvalue weighted by molar-refractivity contribution is 7.90. The fourth-order valence-corrected chi connectivity index (χ4v) is 2.32. The molecule has 5 heteroatoms. The van der Waals surface area contributed by atoms with Crippen molar-refractivity contribution in [1.82, 2.24) is 10.2 Å². The van der Waals surface area contributed by atoms with E-state index in [0.717, 1.165) is 19.0 Å². The maximum atomic E-state index is 11.0. The summed E-state index contributed by atoms with van der Waals surface area (Å²) < 4.78 is 21.9. The predicted molar refractivity (Wildman–Crippen MR) is 67.4 cm³/mol. The lowest BCUT2D eigenvalue weighted by Gasteiger charge is -2.18. The molecule has 0 radical (unpaired) electrons. The summed E-state index contributed by atoms with van der Waals surface area (Å²) in [6.07, 6.45) is 4.00. The standard InChI is InChI=1S/C11H24N2O2S/c1-10(11-4-5-11)12-6-7-13(2)8-9-16(3,14)15/h10-12H,4-9H2,1-3H3. The molecule has 0 aromatic rings. The van der Waals surface area contributed by atoms with Gasteiger partial charge in [-0.1, -0.05) is 0 Å². The van der Waals surface area contributed by atoms with Gasteiger partial charge in [0.15, 0.2) is 0 Å². The van der Waals surface area contributed by atoms with E-state index >= 15 is 0 Å². The first-order valence-electron chi connectivity index (χ1n) is 5.98. The molecule has 0 saturated heterocycles. The highest BCUT2D eigenvalue weighted by Crippen LogP contribution is 2.32. The molecule has 0 heterocycles. The van der Waals surface area contributed by atoms with Crippen molar-refractivity contribution < 1.29 is 8.42 Å². The molecular formula is C11H24N2O2S. The SMILES string of the molecule is CC(NCCN(C)CCS(C)(=O)=O)C1CC1. The van der Waals surface area contributed by atoms with Crippen LogP contribution in [0, 0.1) is 5.92 Å². The van der Waals surface area contributed by atoms with E-state index in [9.17, 15) is 8.42 Å². The van der Waals surface area contributed by atoms with E-state index in [-0.39, 0.29) is 5.75 Å². The summed E-state index contributed by atoms with van der Waals surface area (Å²) in [7, 11) is -0.859. The Labute approximate surface area is 99.3 Å². The predicted octanol–water partition coefficient (Wildman–Crippen LogP) is 0.351. The number of rotatable bonds is 8. The quantitative estimate of drug-likeness (QED) is 0.673. The maximum absolute atomic E-state index is 11.0. The van der Waals surface area contributed by atoms with Crippen molar-refractivity contribution in [3.05, 3.63) is 0 Å². The van der Waals surface area contributed by atoms with E-state index in [0.29, 0.717) is 12.6 Å². The van der Waals surface area contributed by atoms with E-state index < -0.39 is 9.84 Å². The van der Waals surface area contributed by atoms with Gasteiger partial charge in [-0.3, -0.25) is 0 Å². The largest absolute Gasteiger partial charge is 0.313 e. The summed E-state index contributed by atoms with van der Waals surface area (Å²) in [5, 5.41) is 3.48. The smallest absolute Gasteiger partial charge is 0.148 e. The van der Waals surface area contributed by atoms with Crippen LogP contribution in [0.2, 0.25) is 0 Å². The number of nitrogens with one attached hydrogen (secondary N) is 1. The zero-order valence-corrected chi connectivity index (χ0v) is 11.4. The van der Waals surface area contributed by atoms with Crippen LogP contribution in [0.1, 0.15) is 19.8 Å². The number of likely N-dealkylation sites (N-methyl/N-ethyl adjacent to an activating group) is 1. The Bertz CT molecular complexity index is 299. The lowest BCUT2D eigenvalue weighted by atomic mass is 10.2. The maximum Gasteiger partial charge on any atom is 0.148 e. The van der Waals surface area contributed by atoms with Crippen LogP contribution in [0.4, 0.5) is 0 Å². The monoisotopic (exact) mass is 248 g/mol. The van der Waals surface area contributed by atoms with Gasteiger partial charge in [0.1, 0.15) is 9.84 Å². The average Bonchev–Trinajstić information content (AvgIpc) is 2.96. The Hall–Kier alpha value is -0.130. The molecule has 96 valence electrons. The van der Waals surface area contributed by atoms with Crippen molar-refractivity contribution in [2.24, 2.45) is 5.92 Å². The Kier molecular flexibility index (Phi) is 5.21. The summed E-state index contributed by atoms with van der Waals surface area (Å²) >= 11 is 0. The van der Waals surface area contributed by atoms with Gasteiger partial charge in [0.05, 0.1) is 5.75 Å². The van der Waals surface area contributed by atoms with Gasteiger partial charge in [-0.15, -0.1) is 0 Å². The molecule has 1 aliphatic carbocycles. The Morgan fingerprint density at radius 2 is 2.00 bits per heavy atom. The van der Waals surface area contributed by atoms with Gasteiger partial charge >= 0.3 is 0 Å². The fourth-order valence-electron chi connectivity index (χ4n) is 1.68. The van der Waals surface area contributed by atoms with Crippen molar-refractivity contribution in [2.75, 3.05) is 38.7 Å². The summed E-state index contributed by atoms with van der Waals surface area (Å²) in [5.74, 6) is 1.13. The zero-order chi connectivity index (χ0) is 12.2.